The van der Waals surface area contributed by atoms with Crippen LogP contribution in [0.25, 0.3) is 0 Å². The molecule has 0 spiro atoms. The Balaban J connectivity index is 1.66. The molecule has 0 aromatic heterocycles. The summed E-state index contributed by atoms with van der Waals surface area (Å²) in [5.74, 6) is 1.45. The Kier molecular flexibility index (Phi) is 5.65. The number of benzene rings is 1. The number of carbonyl (C=O) groups excluding carboxylic acids is 1. The van der Waals surface area contributed by atoms with Gasteiger partial charge in [0.1, 0.15) is 5.75 Å². The lowest BCUT2D eigenvalue weighted by molar-refractivity contribution is -0.130. The monoisotopic (exact) mass is 388 g/mol. The SMILES string of the molecule is CC1CN(C(=O)CCCOc2ccc(I)cc2)CC1N. The number of amides is 1. The zero-order chi connectivity index (χ0) is 14.5. The van der Waals surface area contributed by atoms with Crippen LogP contribution in [0.1, 0.15) is 19.8 Å². The third-order valence-corrected chi connectivity index (χ3v) is 4.36. The molecule has 20 heavy (non-hydrogen) atoms. The van der Waals surface area contributed by atoms with Gasteiger partial charge in [0, 0.05) is 29.1 Å². The molecule has 110 valence electrons. The number of halogens is 1. The van der Waals surface area contributed by atoms with Crippen LogP contribution in [0.2, 0.25) is 0 Å². The van der Waals surface area contributed by atoms with Gasteiger partial charge in [-0.1, -0.05) is 6.92 Å². The molecule has 2 rings (SSSR count). The molecule has 1 amide bonds. The first kappa shape index (κ1) is 15.6. The second-order valence-corrected chi connectivity index (χ2v) is 6.59. The Bertz CT molecular complexity index is 440. The molecule has 0 radical (unpaired) electrons. The van der Waals surface area contributed by atoms with Crippen molar-refractivity contribution in [1.82, 2.24) is 4.90 Å². The maximum atomic E-state index is 12.0. The molecule has 0 bridgehead atoms. The van der Waals surface area contributed by atoms with Crippen LogP contribution in [-0.4, -0.2) is 36.5 Å². The molecule has 1 aromatic carbocycles. The number of rotatable bonds is 5. The third kappa shape index (κ3) is 4.34. The van der Waals surface area contributed by atoms with E-state index in [2.05, 4.69) is 29.5 Å². The van der Waals surface area contributed by atoms with Crippen LogP contribution in [0.5, 0.6) is 5.75 Å². The van der Waals surface area contributed by atoms with Crippen LogP contribution in [0.15, 0.2) is 24.3 Å². The molecule has 2 unspecified atom stereocenters. The molecular formula is C15H21IN2O2. The van der Waals surface area contributed by atoms with Gasteiger partial charge in [0.05, 0.1) is 6.61 Å². The molecule has 1 aliphatic rings. The molecule has 2 atom stereocenters. The van der Waals surface area contributed by atoms with Crippen molar-refractivity contribution in [1.29, 1.82) is 0 Å². The summed E-state index contributed by atoms with van der Waals surface area (Å²) in [5, 5.41) is 0. The molecule has 1 fully saturated rings. The Morgan fingerprint density at radius 1 is 1.40 bits per heavy atom. The van der Waals surface area contributed by atoms with E-state index in [4.69, 9.17) is 10.5 Å². The van der Waals surface area contributed by atoms with Gasteiger partial charge >= 0.3 is 0 Å². The number of hydrogen-bond donors (Lipinski definition) is 1. The molecule has 4 nitrogen and oxygen atoms in total. The fourth-order valence-electron chi connectivity index (χ4n) is 2.30. The van der Waals surface area contributed by atoms with Gasteiger partial charge < -0.3 is 15.4 Å². The van der Waals surface area contributed by atoms with Crippen LogP contribution in [0.4, 0.5) is 0 Å². The van der Waals surface area contributed by atoms with Crippen molar-refractivity contribution in [3.63, 3.8) is 0 Å². The van der Waals surface area contributed by atoms with Crippen molar-refractivity contribution in [3.8, 4) is 5.75 Å². The largest absolute Gasteiger partial charge is 0.494 e. The lowest BCUT2D eigenvalue weighted by Gasteiger charge is -2.15. The van der Waals surface area contributed by atoms with E-state index in [1.165, 1.54) is 3.57 Å². The maximum absolute atomic E-state index is 12.0. The number of likely N-dealkylation sites (tertiary alicyclic amines) is 1. The smallest absolute Gasteiger partial charge is 0.222 e. The van der Waals surface area contributed by atoms with Gasteiger partial charge in [-0.25, -0.2) is 0 Å². The quantitative estimate of drug-likeness (QED) is 0.622. The Morgan fingerprint density at radius 2 is 2.10 bits per heavy atom. The van der Waals surface area contributed by atoms with Crippen LogP contribution >= 0.6 is 22.6 Å². The number of hydrogen-bond acceptors (Lipinski definition) is 3. The molecule has 0 aliphatic carbocycles. The van der Waals surface area contributed by atoms with E-state index in [0.717, 1.165) is 18.7 Å². The highest BCUT2D eigenvalue weighted by molar-refractivity contribution is 14.1. The molecule has 0 saturated carbocycles. The van der Waals surface area contributed by atoms with E-state index >= 15 is 0 Å². The molecule has 1 aliphatic heterocycles. The van der Waals surface area contributed by atoms with Crippen LogP contribution in [0, 0.1) is 9.49 Å². The normalized spacial score (nSPS) is 22.1. The summed E-state index contributed by atoms with van der Waals surface area (Å²) in [6, 6.07) is 8.04. The van der Waals surface area contributed by atoms with Gasteiger partial charge in [0.15, 0.2) is 0 Å². The van der Waals surface area contributed by atoms with E-state index in [1.807, 2.05) is 29.2 Å². The van der Waals surface area contributed by atoms with Gasteiger partial charge in [0.25, 0.3) is 0 Å². The van der Waals surface area contributed by atoms with Crippen molar-refractivity contribution in [3.05, 3.63) is 27.8 Å². The highest BCUT2D eigenvalue weighted by Gasteiger charge is 2.29. The van der Waals surface area contributed by atoms with E-state index in [9.17, 15) is 4.79 Å². The van der Waals surface area contributed by atoms with Crippen molar-refractivity contribution in [2.45, 2.75) is 25.8 Å². The second-order valence-electron chi connectivity index (χ2n) is 5.35. The summed E-state index contributed by atoms with van der Waals surface area (Å²) >= 11 is 2.26. The first-order valence-corrected chi connectivity index (χ1v) is 8.06. The molecule has 1 aromatic rings. The number of nitrogens with two attached hydrogens (primary N) is 1. The van der Waals surface area contributed by atoms with Crippen molar-refractivity contribution >= 4 is 28.5 Å². The fourth-order valence-corrected chi connectivity index (χ4v) is 2.66. The maximum Gasteiger partial charge on any atom is 0.222 e. The second kappa shape index (κ2) is 7.26. The van der Waals surface area contributed by atoms with Crippen molar-refractivity contribution in [2.75, 3.05) is 19.7 Å². The summed E-state index contributed by atoms with van der Waals surface area (Å²) < 4.78 is 6.80. The van der Waals surface area contributed by atoms with Gasteiger partial charge in [-0.05, 0) is 59.2 Å². The van der Waals surface area contributed by atoms with Crippen LogP contribution in [0.3, 0.4) is 0 Å². The zero-order valence-corrected chi connectivity index (χ0v) is 13.9. The summed E-state index contributed by atoms with van der Waals surface area (Å²) in [7, 11) is 0. The van der Waals surface area contributed by atoms with Crippen LogP contribution in [-0.2, 0) is 4.79 Å². The minimum Gasteiger partial charge on any atom is -0.494 e. The molecule has 5 heteroatoms. The predicted octanol–water partition coefficient (Wildman–Crippen LogP) is 2.26. The van der Waals surface area contributed by atoms with Crippen LogP contribution < -0.4 is 10.5 Å². The van der Waals surface area contributed by atoms with Gasteiger partial charge in [-0.2, -0.15) is 0 Å². The minimum absolute atomic E-state index is 0.127. The number of carbonyl (C=O) groups is 1. The molecule has 2 N–H and O–H groups in total. The number of nitrogens with zero attached hydrogens (tertiary/aromatic N) is 1. The van der Waals surface area contributed by atoms with E-state index in [0.29, 0.717) is 25.5 Å². The van der Waals surface area contributed by atoms with E-state index < -0.39 is 0 Å². The first-order valence-electron chi connectivity index (χ1n) is 6.98. The molecular weight excluding hydrogens is 367 g/mol. The summed E-state index contributed by atoms with van der Waals surface area (Å²) in [5.41, 5.74) is 5.93. The van der Waals surface area contributed by atoms with E-state index in [-0.39, 0.29) is 11.9 Å². The fraction of sp³-hybridized carbons (Fsp3) is 0.533. The minimum atomic E-state index is 0.127. The highest BCUT2D eigenvalue weighted by atomic mass is 127. The third-order valence-electron chi connectivity index (χ3n) is 3.64. The average Bonchev–Trinajstić information content (AvgIpc) is 2.77. The Labute approximate surface area is 133 Å². The summed E-state index contributed by atoms with van der Waals surface area (Å²) in [6.45, 7) is 4.15. The van der Waals surface area contributed by atoms with Gasteiger partial charge in [-0.15, -0.1) is 0 Å². The standard InChI is InChI=1S/C15H21IN2O2/c1-11-9-18(10-14(11)17)15(19)3-2-8-20-13-6-4-12(16)5-7-13/h4-7,11,14H,2-3,8-10,17H2,1H3. The summed E-state index contributed by atoms with van der Waals surface area (Å²) in [6.07, 6.45) is 1.27. The number of ether oxygens (including phenoxy) is 1. The van der Waals surface area contributed by atoms with Gasteiger partial charge in [0.2, 0.25) is 5.91 Å². The highest BCUT2D eigenvalue weighted by Crippen LogP contribution is 2.16. The lowest BCUT2D eigenvalue weighted by atomic mass is 10.1. The Hall–Kier alpha value is -0.820. The average molecular weight is 388 g/mol. The lowest BCUT2D eigenvalue weighted by Crippen LogP contribution is -2.32. The van der Waals surface area contributed by atoms with Crippen molar-refractivity contribution < 1.29 is 9.53 Å². The van der Waals surface area contributed by atoms with Gasteiger partial charge in [-0.3, -0.25) is 4.79 Å². The topological polar surface area (TPSA) is 55.6 Å². The molecule has 1 saturated heterocycles. The Morgan fingerprint density at radius 3 is 2.70 bits per heavy atom. The molecule has 1 heterocycles. The zero-order valence-electron chi connectivity index (χ0n) is 11.7. The van der Waals surface area contributed by atoms with Crippen molar-refractivity contribution in [2.24, 2.45) is 11.7 Å². The first-order chi connectivity index (χ1) is 9.56. The summed E-state index contributed by atoms with van der Waals surface area (Å²) in [4.78, 5) is 13.9. The predicted molar refractivity (Wildman–Crippen MR) is 87.6 cm³/mol. The van der Waals surface area contributed by atoms with E-state index in [1.54, 1.807) is 0 Å².